The summed E-state index contributed by atoms with van der Waals surface area (Å²) in [5, 5.41) is 0. The van der Waals surface area contributed by atoms with Crippen LogP contribution in [0.1, 0.15) is 96.5 Å². The van der Waals surface area contributed by atoms with Gasteiger partial charge in [0.25, 0.3) is 0 Å². The van der Waals surface area contributed by atoms with Crippen molar-refractivity contribution in [1.82, 2.24) is 0 Å². The number of hydrogen-bond donors (Lipinski definition) is 0. The summed E-state index contributed by atoms with van der Waals surface area (Å²) in [4.78, 5) is 8.27. The molecule has 0 radical (unpaired) electrons. The number of rotatable bonds is 27. The largest absolute Gasteiger partial charge is 0.379 e. The Morgan fingerprint density at radius 2 is 0.770 bits per heavy atom. The molecule has 7 heteroatoms. The van der Waals surface area contributed by atoms with Gasteiger partial charge in [-0.1, -0.05) is 124 Å². The van der Waals surface area contributed by atoms with Gasteiger partial charge in [-0.2, -0.15) is 0 Å². The normalized spacial score (nSPS) is 11.8. The molecule has 61 heavy (non-hydrogen) atoms. The van der Waals surface area contributed by atoms with Gasteiger partial charge in [-0.25, -0.2) is 0 Å². The van der Waals surface area contributed by atoms with Crippen LogP contribution in [0.3, 0.4) is 0 Å². The molecule has 0 fully saturated rings. The average Bonchev–Trinajstić information content (AvgIpc) is 4.06. The Morgan fingerprint density at radius 1 is 0.377 bits per heavy atom. The molecule has 3 aromatic heterocycles. The lowest BCUT2D eigenvalue weighted by atomic mass is 10.0. The van der Waals surface area contributed by atoms with Gasteiger partial charge < -0.3 is 18.9 Å². The van der Waals surface area contributed by atoms with E-state index in [1.807, 2.05) is 47.9 Å². The van der Waals surface area contributed by atoms with E-state index in [0.29, 0.717) is 26.4 Å². The summed E-state index contributed by atoms with van der Waals surface area (Å²) in [5.74, 6) is 0. The molecule has 3 heterocycles. The average molecular weight is 873 g/mol. The minimum absolute atomic E-state index is 0.659. The summed E-state index contributed by atoms with van der Waals surface area (Å²) in [6, 6.07) is 36.0. The first-order chi connectivity index (χ1) is 30.1. The summed E-state index contributed by atoms with van der Waals surface area (Å²) in [7, 11) is 0. The smallest absolute Gasteiger partial charge is 0.0700 e. The molecule has 0 N–H and O–H groups in total. The maximum absolute atomic E-state index is 5.86. The molecule has 0 atom stereocenters. The predicted octanol–water partition coefficient (Wildman–Crippen LogP) is 15.1. The second kappa shape index (κ2) is 25.9. The van der Waals surface area contributed by atoms with E-state index in [-0.39, 0.29) is 0 Å². The summed E-state index contributed by atoms with van der Waals surface area (Å²) in [6.45, 7) is 14.2. The highest BCUT2D eigenvalue weighted by Crippen LogP contribution is 2.40. The molecule has 6 aromatic rings. The summed E-state index contributed by atoms with van der Waals surface area (Å²) in [6.07, 6.45) is 17.8. The molecule has 0 bridgehead atoms. The molecule has 0 saturated carbocycles. The standard InChI is InChI=1S/C54H64O4S3/c1-5-9-11-47-39-53(60-50(47)31-33-57-37-35-55-7-3)46-27-23-44(24-28-46)20-18-42-15-13-41(14-16-42)17-19-43-21-25-45(26-22-43)49-29-30-52(59-49)54-40-48(12-10-6-2)51(61-54)32-34-58-38-36-56-8-4/h13-30,39-40H,5-12,31-38H2,1-4H3/b19-17+,20-18+. The van der Waals surface area contributed by atoms with Crippen LogP contribution in [-0.2, 0) is 44.6 Å². The summed E-state index contributed by atoms with van der Waals surface area (Å²) in [5.41, 5.74) is 10.3. The van der Waals surface area contributed by atoms with Gasteiger partial charge >= 0.3 is 0 Å². The van der Waals surface area contributed by atoms with Crippen LogP contribution in [0, 0.1) is 0 Å². The fourth-order valence-electron chi connectivity index (χ4n) is 7.08. The first-order valence-electron chi connectivity index (χ1n) is 22.4. The van der Waals surface area contributed by atoms with E-state index < -0.39 is 0 Å². The van der Waals surface area contributed by atoms with Gasteiger partial charge in [0.2, 0.25) is 0 Å². The van der Waals surface area contributed by atoms with Crippen molar-refractivity contribution >= 4 is 58.3 Å². The molecule has 0 aliphatic rings. The van der Waals surface area contributed by atoms with Crippen LogP contribution in [0.5, 0.6) is 0 Å². The highest BCUT2D eigenvalue weighted by molar-refractivity contribution is 7.24. The van der Waals surface area contributed by atoms with Crippen molar-refractivity contribution in [2.45, 2.75) is 79.1 Å². The number of unbranched alkanes of at least 4 members (excludes halogenated alkanes) is 2. The van der Waals surface area contributed by atoms with Crippen LogP contribution in [-0.4, -0.2) is 52.9 Å². The van der Waals surface area contributed by atoms with Crippen molar-refractivity contribution in [3.8, 4) is 30.6 Å². The molecule has 0 aliphatic heterocycles. The zero-order valence-electron chi connectivity index (χ0n) is 36.7. The Hall–Kier alpha value is -3.92. The zero-order chi connectivity index (χ0) is 42.5. The number of thiophene rings is 3. The molecule has 6 rings (SSSR count). The number of benzene rings is 3. The van der Waals surface area contributed by atoms with Crippen LogP contribution in [0.4, 0.5) is 0 Å². The topological polar surface area (TPSA) is 36.9 Å². The van der Waals surface area contributed by atoms with Crippen molar-refractivity contribution in [1.29, 1.82) is 0 Å². The number of aryl methyl sites for hydroxylation is 2. The molecule has 0 amide bonds. The van der Waals surface area contributed by atoms with Crippen molar-refractivity contribution in [2.75, 3.05) is 52.9 Å². The van der Waals surface area contributed by atoms with E-state index in [9.17, 15) is 0 Å². The van der Waals surface area contributed by atoms with E-state index in [2.05, 4.69) is 135 Å². The van der Waals surface area contributed by atoms with Gasteiger partial charge in [0.05, 0.1) is 39.6 Å². The highest BCUT2D eigenvalue weighted by atomic mass is 32.1. The first kappa shape index (κ1) is 46.6. The fraction of sp³-hybridized carbons (Fsp3) is 0.370. The van der Waals surface area contributed by atoms with Gasteiger partial charge in [-0.3, -0.25) is 0 Å². The fourth-order valence-corrected chi connectivity index (χ4v) is 10.6. The Balaban J connectivity index is 1.00. The van der Waals surface area contributed by atoms with Gasteiger partial charge in [-0.05, 0) is 108 Å². The second-order valence-corrected chi connectivity index (χ2v) is 18.5. The van der Waals surface area contributed by atoms with Crippen molar-refractivity contribution in [3.63, 3.8) is 0 Å². The van der Waals surface area contributed by atoms with Crippen molar-refractivity contribution < 1.29 is 18.9 Å². The monoisotopic (exact) mass is 872 g/mol. The first-order valence-corrected chi connectivity index (χ1v) is 24.8. The lowest BCUT2D eigenvalue weighted by molar-refractivity contribution is 0.0542. The van der Waals surface area contributed by atoms with Gasteiger partial charge in [0.15, 0.2) is 0 Å². The van der Waals surface area contributed by atoms with E-state index in [1.54, 1.807) is 0 Å². The Labute approximate surface area is 377 Å². The number of hydrogen-bond acceptors (Lipinski definition) is 7. The van der Waals surface area contributed by atoms with Crippen LogP contribution < -0.4 is 0 Å². The summed E-state index contributed by atoms with van der Waals surface area (Å²) < 4.78 is 22.5. The third-order valence-electron chi connectivity index (χ3n) is 10.6. The van der Waals surface area contributed by atoms with Crippen LogP contribution >= 0.6 is 34.0 Å². The van der Waals surface area contributed by atoms with E-state index >= 15 is 0 Å². The van der Waals surface area contributed by atoms with Crippen molar-refractivity contribution in [3.05, 3.63) is 140 Å². The summed E-state index contributed by atoms with van der Waals surface area (Å²) >= 11 is 5.74. The minimum atomic E-state index is 0.659. The lowest BCUT2D eigenvalue weighted by Crippen LogP contribution is -2.06. The van der Waals surface area contributed by atoms with Crippen LogP contribution in [0.2, 0.25) is 0 Å². The third-order valence-corrected chi connectivity index (χ3v) is 14.5. The van der Waals surface area contributed by atoms with Crippen LogP contribution in [0.15, 0.2) is 97.1 Å². The molecule has 0 saturated heterocycles. The third kappa shape index (κ3) is 14.9. The molecule has 0 spiro atoms. The number of ether oxygens (including phenoxy) is 4. The molecule has 4 nitrogen and oxygen atoms in total. The molecular weight excluding hydrogens is 809 g/mol. The Kier molecular flexibility index (Phi) is 19.8. The Morgan fingerprint density at radius 3 is 1.23 bits per heavy atom. The molecule has 0 aliphatic carbocycles. The maximum atomic E-state index is 5.86. The van der Waals surface area contributed by atoms with E-state index in [0.717, 1.165) is 52.1 Å². The second-order valence-electron chi connectivity index (χ2n) is 15.2. The van der Waals surface area contributed by atoms with Crippen molar-refractivity contribution in [2.24, 2.45) is 0 Å². The maximum Gasteiger partial charge on any atom is 0.0700 e. The van der Waals surface area contributed by atoms with Gasteiger partial charge in [0.1, 0.15) is 0 Å². The van der Waals surface area contributed by atoms with E-state index in [4.69, 9.17) is 18.9 Å². The lowest BCUT2D eigenvalue weighted by Gasteiger charge is -2.05. The molecule has 3 aromatic carbocycles. The van der Waals surface area contributed by atoms with Gasteiger partial charge in [-0.15, -0.1) is 34.0 Å². The zero-order valence-corrected chi connectivity index (χ0v) is 39.2. The Bertz CT molecular complexity index is 2200. The highest BCUT2D eigenvalue weighted by Gasteiger charge is 2.14. The molecular formula is C54H64O4S3. The van der Waals surface area contributed by atoms with E-state index in [1.165, 1.54) is 99.5 Å². The predicted molar refractivity (Wildman–Crippen MR) is 266 cm³/mol. The SMILES string of the molecule is CCCCc1cc(-c2ccc(/C=C/c3ccc(/C=C/c4ccc(-c5ccc(-c6cc(CCCC)c(CCOCCOCC)s6)s5)cc4)cc3)cc2)sc1CCOCCOCC. The molecule has 0 unspecified atom stereocenters. The molecule has 322 valence electrons. The quantitative estimate of drug-likeness (QED) is 0.0382. The van der Waals surface area contributed by atoms with Crippen LogP contribution in [0.25, 0.3) is 54.9 Å². The minimum Gasteiger partial charge on any atom is -0.379 e. The van der Waals surface area contributed by atoms with Gasteiger partial charge in [0, 0.05) is 55.3 Å².